The monoisotopic (exact) mass is 673 g/mol. The van der Waals surface area contributed by atoms with Crippen molar-refractivity contribution >= 4 is 38.6 Å². The van der Waals surface area contributed by atoms with Crippen molar-refractivity contribution in [2.24, 2.45) is 0 Å². The largest absolute Gasteiger partial charge is 0.310 e. The summed E-state index contributed by atoms with van der Waals surface area (Å²) in [7, 11) is 0. The van der Waals surface area contributed by atoms with E-state index in [1.54, 1.807) is 0 Å². The van der Waals surface area contributed by atoms with E-state index >= 15 is 0 Å². The molecule has 0 radical (unpaired) electrons. The maximum atomic E-state index is 2.55. The third-order valence-corrected chi connectivity index (χ3v) is 11.6. The lowest BCUT2D eigenvalue weighted by Crippen LogP contribution is -2.30. The van der Waals surface area contributed by atoms with Crippen LogP contribution in [0.3, 0.4) is 0 Å². The third kappa shape index (κ3) is 4.57. The van der Waals surface area contributed by atoms with Crippen LogP contribution in [0.2, 0.25) is 0 Å². The van der Waals surface area contributed by atoms with E-state index in [1.165, 1.54) is 88.6 Å². The summed E-state index contributed by atoms with van der Waals surface area (Å²) in [5.41, 5.74) is 17.1. The van der Waals surface area contributed by atoms with Crippen molar-refractivity contribution < 1.29 is 0 Å². The molecule has 0 saturated heterocycles. The van der Waals surface area contributed by atoms with Crippen LogP contribution in [-0.4, -0.2) is 0 Å². The molecule has 2 bridgehead atoms. The zero-order valence-electron chi connectivity index (χ0n) is 29.2. The van der Waals surface area contributed by atoms with Gasteiger partial charge in [0, 0.05) is 22.9 Å². The second-order valence-electron chi connectivity index (χ2n) is 14.4. The van der Waals surface area contributed by atoms with E-state index in [2.05, 4.69) is 205 Å². The number of fused-ring (bicyclic) bond motifs is 2. The molecule has 0 atom stereocenters. The minimum absolute atomic E-state index is 0.0853. The molecule has 12 rings (SSSR count). The molecule has 3 aliphatic rings. The SMILES string of the molecule is c1ccc(-c2cccc(N(c3ccc(-c4cccc5ccccc45)c4c3C3c5ccccc5C4c4ccccc43)c3cccc4ccccc34)c2)cc1. The zero-order chi connectivity index (χ0) is 34.9. The Hall–Kier alpha value is -6.70. The zero-order valence-corrected chi connectivity index (χ0v) is 29.2. The molecule has 248 valence electrons. The van der Waals surface area contributed by atoms with Gasteiger partial charge >= 0.3 is 0 Å². The first kappa shape index (κ1) is 30.0. The predicted octanol–water partition coefficient (Wildman–Crippen LogP) is 13.8. The van der Waals surface area contributed by atoms with Crippen LogP contribution in [-0.2, 0) is 0 Å². The van der Waals surface area contributed by atoms with Crippen molar-refractivity contribution in [3.63, 3.8) is 0 Å². The normalized spacial score (nSPS) is 15.2. The molecule has 0 spiro atoms. The van der Waals surface area contributed by atoms with Crippen molar-refractivity contribution in [2.75, 3.05) is 4.90 Å². The Kier molecular flexibility index (Phi) is 6.75. The van der Waals surface area contributed by atoms with Crippen LogP contribution in [0.1, 0.15) is 45.2 Å². The lowest BCUT2D eigenvalue weighted by Gasteiger charge is -2.45. The highest BCUT2D eigenvalue weighted by molar-refractivity contribution is 6.02. The van der Waals surface area contributed by atoms with Crippen LogP contribution < -0.4 is 4.90 Å². The van der Waals surface area contributed by atoms with Gasteiger partial charge in [-0.1, -0.05) is 176 Å². The van der Waals surface area contributed by atoms with Gasteiger partial charge in [0.15, 0.2) is 0 Å². The third-order valence-electron chi connectivity index (χ3n) is 11.6. The van der Waals surface area contributed by atoms with Gasteiger partial charge in [-0.2, -0.15) is 0 Å². The van der Waals surface area contributed by atoms with Gasteiger partial charge in [-0.3, -0.25) is 0 Å². The molecule has 9 aromatic rings. The molecule has 0 N–H and O–H groups in total. The van der Waals surface area contributed by atoms with E-state index in [4.69, 9.17) is 0 Å². The number of rotatable bonds is 5. The van der Waals surface area contributed by atoms with Gasteiger partial charge in [0.2, 0.25) is 0 Å². The second-order valence-corrected chi connectivity index (χ2v) is 14.4. The van der Waals surface area contributed by atoms with Gasteiger partial charge in [-0.25, -0.2) is 0 Å². The molecule has 1 heteroatoms. The maximum Gasteiger partial charge on any atom is 0.0540 e. The summed E-state index contributed by atoms with van der Waals surface area (Å²) in [5, 5.41) is 5.01. The van der Waals surface area contributed by atoms with Crippen LogP contribution in [0.25, 0.3) is 43.8 Å². The van der Waals surface area contributed by atoms with Crippen molar-refractivity contribution in [3.05, 3.63) is 234 Å². The van der Waals surface area contributed by atoms with Crippen LogP contribution in [0.5, 0.6) is 0 Å². The van der Waals surface area contributed by atoms with Crippen LogP contribution in [0.4, 0.5) is 17.1 Å². The molecule has 0 aromatic heterocycles. The standard InChI is InChI=1S/C52H35N/c1-2-15-34(16-3-1)37-21-12-22-38(33-37)53(47-30-14-20-36-18-5-7-24-40(36)47)48-32-31-46(41-29-13-19-35-17-4-6-23-39(35)41)51-49-42-25-8-10-27-44(42)50(52(48)51)45-28-11-9-26-43(45)49/h1-33,49-50H. The topological polar surface area (TPSA) is 3.24 Å². The van der Waals surface area contributed by atoms with Crippen molar-refractivity contribution in [1.29, 1.82) is 0 Å². The molecule has 0 saturated carbocycles. The highest BCUT2D eigenvalue weighted by atomic mass is 15.1. The highest BCUT2D eigenvalue weighted by Gasteiger charge is 2.44. The second kappa shape index (κ2) is 11.9. The van der Waals surface area contributed by atoms with Crippen molar-refractivity contribution in [3.8, 4) is 22.3 Å². The molecule has 0 amide bonds. The van der Waals surface area contributed by atoms with E-state index < -0.39 is 0 Å². The Labute approximate surface area is 310 Å². The molecular weight excluding hydrogens is 639 g/mol. The number of benzene rings is 9. The molecular formula is C52H35N. The summed E-state index contributed by atoms with van der Waals surface area (Å²) in [6, 6.07) is 74.2. The van der Waals surface area contributed by atoms with E-state index in [-0.39, 0.29) is 11.8 Å². The Morgan fingerprint density at radius 3 is 1.57 bits per heavy atom. The molecule has 1 nitrogen and oxygen atoms in total. The summed E-state index contributed by atoms with van der Waals surface area (Å²) in [4.78, 5) is 2.55. The first-order chi connectivity index (χ1) is 26.3. The van der Waals surface area contributed by atoms with Gasteiger partial charge in [0.1, 0.15) is 0 Å². The number of nitrogens with zero attached hydrogens (tertiary/aromatic N) is 1. The number of hydrogen-bond donors (Lipinski definition) is 0. The van der Waals surface area contributed by atoms with E-state index in [1.807, 2.05) is 0 Å². The quantitative estimate of drug-likeness (QED) is 0.176. The van der Waals surface area contributed by atoms with Gasteiger partial charge in [-0.15, -0.1) is 0 Å². The van der Waals surface area contributed by atoms with Crippen LogP contribution in [0, 0.1) is 0 Å². The van der Waals surface area contributed by atoms with E-state index in [0.717, 1.165) is 5.69 Å². The number of hydrogen-bond acceptors (Lipinski definition) is 1. The Morgan fingerprint density at radius 1 is 0.321 bits per heavy atom. The van der Waals surface area contributed by atoms with E-state index in [0.29, 0.717) is 0 Å². The maximum absolute atomic E-state index is 2.55. The molecule has 0 fully saturated rings. The van der Waals surface area contributed by atoms with Gasteiger partial charge < -0.3 is 4.90 Å². The van der Waals surface area contributed by atoms with Crippen LogP contribution >= 0.6 is 0 Å². The fraction of sp³-hybridized carbons (Fsp3) is 0.0385. The summed E-state index contributed by atoms with van der Waals surface area (Å²) in [6.45, 7) is 0. The lowest BCUT2D eigenvalue weighted by molar-refractivity contribution is 0.756. The molecule has 3 aliphatic carbocycles. The average Bonchev–Trinajstić information content (AvgIpc) is 3.24. The smallest absolute Gasteiger partial charge is 0.0540 e. The molecule has 0 aliphatic heterocycles. The summed E-state index contributed by atoms with van der Waals surface area (Å²) in [5.74, 6) is 0.198. The fourth-order valence-corrected chi connectivity index (χ4v) is 9.43. The predicted molar refractivity (Wildman–Crippen MR) is 222 cm³/mol. The minimum atomic E-state index is 0.0853. The van der Waals surface area contributed by atoms with Gasteiger partial charge in [0.05, 0.1) is 11.4 Å². The molecule has 53 heavy (non-hydrogen) atoms. The van der Waals surface area contributed by atoms with E-state index in [9.17, 15) is 0 Å². The molecule has 0 unspecified atom stereocenters. The highest BCUT2D eigenvalue weighted by Crippen LogP contribution is 2.61. The summed E-state index contributed by atoms with van der Waals surface area (Å²) >= 11 is 0. The fourth-order valence-electron chi connectivity index (χ4n) is 9.43. The molecule has 0 heterocycles. The summed E-state index contributed by atoms with van der Waals surface area (Å²) in [6.07, 6.45) is 0. The Balaban J connectivity index is 1.26. The van der Waals surface area contributed by atoms with Gasteiger partial charge in [-0.05, 0) is 96.1 Å². The van der Waals surface area contributed by atoms with Crippen molar-refractivity contribution in [2.45, 2.75) is 11.8 Å². The van der Waals surface area contributed by atoms with Crippen molar-refractivity contribution in [1.82, 2.24) is 0 Å². The first-order valence-corrected chi connectivity index (χ1v) is 18.6. The summed E-state index contributed by atoms with van der Waals surface area (Å²) < 4.78 is 0. The first-order valence-electron chi connectivity index (χ1n) is 18.6. The van der Waals surface area contributed by atoms with Crippen LogP contribution in [0.15, 0.2) is 200 Å². The Morgan fingerprint density at radius 2 is 0.849 bits per heavy atom. The average molecular weight is 674 g/mol. The Bertz CT molecular complexity index is 2810. The molecule has 9 aromatic carbocycles. The lowest BCUT2D eigenvalue weighted by atomic mass is 9.59. The minimum Gasteiger partial charge on any atom is -0.310 e. The number of anilines is 3. The van der Waals surface area contributed by atoms with Gasteiger partial charge in [0.25, 0.3) is 0 Å².